The molecule has 4 heteroatoms. The average molecular weight is 305 g/mol. The summed E-state index contributed by atoms with van der Waals surface area (Å²) < 4.78 is 5.94. The van der Waals surface area contributed by atoms with Gasteiger partial charge in [-0.1, -0.05) is 30.7 Å². The summed E-state index contributed by atoms with van der Waals surface area (Å²) in [6.07, 6.45) is 2.82. The standard InChI is InChI=1S/C17H21ClN2O/c1-4-9-19-13(3)14-6-5-10-20-17(14)21-16-11-12(2)7-8-15(16)18/h5-8,10-11,13,19H,4,9H2,1-3H3. The number of nitrogens with zero attached hydrogens (tertiary/aromatic N) is 1. The van der Waals surface area contributed by atoms with Gasteiger partial charge in [-0.15, -0.1) is 0 Å². The fraction of sp³-hybridized carbons (Fsp3) is 0.353. The van der Waals surface area contributed by atoms with Gasteiger partial charge in [0.1, 0.15) is 5.75 Å². The molecule has 2 aromatic rings. The summed E-state index contributed by atoms with van der Waals surface area (Å²) in [6.45, 7) is 7.22. The van der Waals surface area contributed by atoms with E-state index in [4.69, 9.17) is 16.3 Å². The van der Waals surface area contributed by atoms with E-state index in [1.165, 1.54) is 0 Å². The summed E-state index contributed by atoms with van der Waals surface area (Å²) in [7, 11) is 0. The van der Waals surface area contributed by atoms with Gasteiger partial charge in [0, 0.05) is 17.8 Å². The molecule has 1 aromatic carbocycles. The minimum Gasteiger partial charge on any atom is -0.437 e. The maximum absolute atomic E-state index is 6.19. The molecule has 0 radical (unpaired) electrons. The van der Waals surface area contributed by atoms with E-state index in [-0.39, 0.29) is 6.04 Å². The lowest BCUT2D eigenvalue weighted by atomic mass is 10.1. The number of aromatic nitrogens is 1. The number of ether oxygens (including phenoxy) is 1. The van der Waals surface area contributed by atoms with Gasteiger partial charge in [0.05, 0.1) is 5.02 Å². The van der Waals surface area contributed by atoms with Crippen LogP contribution in [0, 0.1) is 6.92 Å². The van der Waals surface area contributed by atoms with Crippen molar-refractivity contribution in [3.05, 3.63) is 52.7 Å². The van der Waals surface area contributed by atoms with E-state index in [1.54, 1.807) is 6.20 Å². The molecule has 0 aliphatic heterocycles. The summed E-state index contributed by atoms with van der Waals surface area (Å²) in [6, 6.07) is 9.85. The van der Waals surface area contributed by atoms with Crippen molar-refractivity contribution < 1.29 is 4.74 Å². The van der Waals surface area contributed by atoms with Crippen LogP contribution in [-0.4, -0.2) is 11.5 Å². The molecule has 2 rings (SSSR count). The first kappa shape index (κ1) is 15.8. The van der Waals surface area contributed by atoms with Gasteiger partial charge in [-0.2, -0.15) is 0 Å². The van der Waals surface area contributed by atoms with Crippen LogP contribution in [0.15, 0.2) is 36.5 Å². The molecule has 0 fully saturated rings. The quantitative estimate of drug-likeness (QED) is 0.824. The second-order valence-corrected chi connectivity index (χ2v) is 5.52. The van der Waals surface area contributed by atoms with E-state index < -0.39 is 0 Å². The van der Waals surface area contributed by atoms with Crippen LogP contribution in [0.1, 0.15) is 37.4 Å². The van der Waals surface area contributed by atoms with E-state index in [0.29, 0.717) is 16.7 Å². The Bertz CT molecular complexity index is 601. The molecule has 1 atom stereocenters. The van der Waals surface area contributed by atoms with Crippen LogP contribution in [0.4, 0.5) is 0 Å². The van der Waals surface area contributed by atoms with E-state index in [2.05, 4.69) is 24.1 Å². The zero-order chi connectivity index (χ0) is 15.2. The molecule has 1 heterocycles. The third-order valence-corrected chi connectivity index (χ3v) is 3.57. The van der Waals surface area contributed by atoms with Crippen molar-refractivity contribution in [3.8, 4) is 11.6 Å². The first-order chi connectivity index (χ1) is 10.1. The van der Waals surface area contributed by atoms with Gasteiger partial charge in [0.15, 0.2) is 0 Å². The Kier molecular flexibility index (Phi) is 5.59. The Morgan fingerprint density at radius 2 is 2.14 bits per heavy atom. The zero-order valence-electron chi connectivity index (χ0n) is 12.7. The molecular formula is C17H21ClN2O. The van der Waals surface area contributed by atoms with Crippen molar-refractivity contribution in [2.75, 3.05) is 6.54 Å². The molecule has 0 aliphatic rings. The predicted octanol–water partition coefficient (Wildman–Crippen LogP) is 4.90. The zero-order valence-corrected chi connectivity index (χ0v) is 13.4. The van der Waals surface area contributed by atoms with Crippen LogP contribution in [0.25, 0.3) is 0 Å². The van der Waals surface area contributed by atoms with Crippen LogP contribution >= 0.6 is 11.6 Å². The lowest BCUT2D eigenvalue weighted by Gasteiger charge is -2.17. The number of halogens is 1. The van der Waals surface area contributed by atoms with Crippen molar-refractivity contribution in [1.29, 1.82) is 0 Å². The van der Waals surface area contributed by atoms with Gasteiger partial charge >= 0.3 is 0 Å². The lowest BCUT2D eigenvalue weighted by molar-refractivity contribution is 0.442. The summed E-state index contributed by atoms with van der Waals surface area (Å²) in [5.41, 5.74) is 2.13. The highest BCUT2D eigenvalue weighted by molar-refractivity contribution is 6.32. The Morgan fingerprint density at radius 3 is 2.90 bits per heavy atom. The number of rotatable bonds is 6. The van der Waals surface area contributed by atoms with Gasteiger partial charge in [-0.3, -0.25) is 0 Å². The van der Waals surface area contributed by atoms with Crippen LogP contribution in [-0.2, 0) is 0 Å². The molecule has 0 bridgehead atoms. The number of hydrogen-bond donors (Lipinski definition) is 1. The highest BCUT2D eigenvalue weighted by atomic mass is 35.5. The molecule has 3 nitrogen and oxygen atoms in total. The average Bonchev–Trinajstić information content (AvgIpc) is 2.49. The Hall–Kier alpha value is -1.58. The summed E-state index contributed by atoms with van der Waals surface area (Å²) in [4.78, 5) is 4.35. The van der Waals surface area contributed by atoms with Crippen molar-refractivity contribution in [2.45, 2.75) is 33.2 Å². The highest BCUT2D eigenvalue weighted by Gasteiger charge is 2.14. The Morgan fingerprint density at radius 1 is 1.33 bits per heavy atom. The molecule has 0 saturated carbocycles. The monoisotopic (exact) mass is 304 g/mol. The smallest absolute Gasteiger partial charge is 0.224 e. The normalized spacial score (nSPS) is 12.2. The maximum Gasteiger partial charge on any atom is 0.224 e. The highest BCUT2D eigenvalue weighted by Crippen LogP contribution is 2.32. The molecule has 0 aliphatic carbocycles. The molecule has 0 spiro atoms. The Balaban J connectivity index is 2.25. The minimum atomic E-state index is 0.178. The summed E-state index contributed by atoms with van der Waals surface area (Å²) >= 11 is 6.19. The third kappa shape index (κ3) is 4.19. The number of pyridine rings is 1. The number of nitrogens with one attached hydrogen (secondary N) is 1. The molecule has 112 valence electrons. The van der Waals surface area contributed by atoms with Crippen LogP contribution in [0.2, 0.25) is 5.02 Å². The predicted molar refractivity (Wildman–Crippen MR) is 87.2 cm³/mol. The molecule has 21 heavy (non-hydrogen) atoms. The van der Waals surface area contributed by atoms with E-state index in [0.717, 1.165) is 24.1 Å². The summed E-state index contributed by atoms with van der Waals surface area (Å²) in [5.74, 6) is 1.24. The van der Waals surface area contributed by atoms with Crippen molar-refractivity contribution >= 4 is 11.6 Å². The van der Waals surface area contributed by atoms with Gasteiger partial charge in [0.2, 0.25) is 5.88 Å². The molecule has 1 unspecified atom stereocenters. The topological polar surface area (TPSA) is 34.2 Å². The van der Waals surface area contributed by atoms with E-state index in [9.17, 15) is 0 Å². The molecule has 0 amide bonds. The van der Waals surface area contributed by atoms with Crippen molar-refractivity contribution in [2.24, 2.45) is 0 Å². The van der Waals surface area contributed by atoms with E-state index in [1.807, 2.05) is 37.3 Å². The second kappa shape index (κ2) is 7.43. The first-order valence-electron chi connectivity index (χ1n) is 7.24. The van der Waals surface area contributed by atoms with Crippen LogP contribution in [0.3, 0.4) is 0 Å². The SMILES string of the molecule is CCCNC(C)c1cccnc1Oc1cc(C)ccc1Cl. The fourth-order valence-electron chi connectivity index (χ4n) is 2.08. The maximum atomic E-state index is 6.19. The molecular weight excluding hydrogens is 284 g/mol. The molecule has 0 saturated heterocycles. The van der Waals surface area contributed by atoms with E-state index >= 15 is 0 Å². The van der Waals surface area contributed by atoms with Crippen molar-refractivity contribution in [3.63, 3.8) is 0 Å². The van der Waals surface area contributed by atoms with Crippen molar-refractivity contribution in [1.82, 2.24) is 10.3 Å². The third-order valence-electron chi connectivity index (χ3n) is 3.26. The number of hydrogen-bond acceptors (Lipinski definition) is 3. The number of aryl methyl sites for hydroxylation is 1. The Labute approximate surface area is 131 Å². The minimum absolute atomic E-state index is 0.178. The molecule has 1 N–H and O–H groups in total. The summed E-state index contributed by atoms with van der Waals surface area (Å²) in [5, 5.41) is 4.04. The molecule has 1 aromatic heterocycles. The fourth-order valence-corrected chi connectivity index (χ4v) is 2.24. The first-order valence-corrected chi connectivity index (χ1v) is 7.62. The second-order valence-electron chi connectivity index (χ2n) is 5.11. The van der Waals surface area contributed by atoms with Crippen LogP contribution < -0.4 is 10.1 Å². The lowest BCUT2D eigenvalue weighted by Crippen LogP contribution is -2.20. The number of benzene rings is 1. The largest absolute Gasteiger partial charge is 0.437 e. The van der Waals surface area contributed by atoms with Gasteiger partial charge in [-0.05, 0) is 50.6 Å². The van der Waals surface area contributed by atoms with Crippen LogP contribution in [0.5, 0.6) is 11.6 Å². The van der Waals surface area contributed by atoms with Gasteiger partial charge in [0.25, 0.3) is 0 Å². The van der Waals surface area contributed by atoms with Gasteiger partial charge < -0.3 is 10.1 Å². The van der Waals surface area contributed by atoms with Gasteiger partial charge in [-0.25, -0.2) is 4.98 Å².